The van der Waals surface area contributed by atoms with E-state index in [0.29, 0.717) is 18.9 Å². The van der Waals surface area contributed by atoms with E-state index in [1.807, 2.05) is 24.3 Å². The lowest BCUT2D eigenvalue weighted by atomic mass is 10.0. The molecule has 0 saturated carbocycles. The van der Waals surface area contributed by atoms with Crippen molar-refractivity contribution in [1.29, 1.82) is 0 Å². The van der Waals surface area contributed by atoms with E-state index in [0.717, 1.165) is 70.0 Å². The van der Waals surface area contributed by atoms with Gasteiger partial charge in [-0.15, -0.1) is 0 Å². The molecule has 49 heavy (non-hydrogen) atoms. The van der Waals surface area contributed by atoms with E-state index >= 15 is 0 Å². The van der Waals surface area contributed by atoms with Crippen LogP contribution in [0.15, 0.2) is 60.9 Å². The van der Waals surface area contributed by atoms with Gasteiger partial charge in [0.05, 0.1) is 43.0 Å². The van der Waals surface area contributed by atoms with Gasteiger partial charge in [-0.25, -0.2) is 19.6 Å². The van der Waals surface area contributed by atoms with Crippen molar-refractivity contribution < 1.29 is 29.0 Å². The lowest BCUT2D eigenvalue weighted by Crippen LogP contribution is -2.41. The van der Waals surface area contributed by atoms with Gasteiger partial charge in [-0.2, -0.15) is 0 Å². The molecular formula is C35H40N8O6. The lowest BCUT2D eigenvalue weighted by molar-refractivity contribution is -0.133. The van der Waals surface area contributed by atoms with Crippen molar-refractivity contribution in [2.45, 2.75) is 37.8 Å². The average molecular weight is 669 g/mol. The van der Waals surface area contributed by atoms with Gasteiger partial charge in [-0.1, -0.05) is 48.5 Å². The molecule has 2 saturated heterocycles. The molecule has 4 amide bonds. The highest BCUT2D eigenvalue weighted by atomic mass is 16.5. The van der Waals surface area contributed by atoms with Crippen molar-refractivity contribution in [1.82, 2.24) is 39.5 Å². The normalized spacial score (nSPS) is 17.3. The number of imidazole rings is 2. The van der Waals surface area contributed by atoms with E-state index in [-0.39, 0.29) is 37.0 Å². The summed E-state index contributed by atoms with van der Waals surface area (Å²) < 4.78 is 4.71. The van der Waals surface area contributed by atoms with Crippen LogP contribution in [0.4, 0.5) is 9.59 Å². The van der Waals surface area contributed by atoms with Gasteiger partial charge < -0.3 is 39.4 Å². The van der Waals surface area contributed by atoms with Crippen LogP contribution in [0, 0.1) is 0 Å². The summed E-state index contributed by atoms with van der Waals surface area (Å²) >= 11 is 0. The Kier molecular flexibility index (Phi) is 9.65. The van der Waals surface area contributed by atoms with E-state index in [2.05, 4.69) is 44.2 Å². The molecule has 14 nitrogen and oxygen atoms in total. The SMILES string of the molecule is COC(=O)N(C)CC(=O)N1CCCC1c1ncc(-c2ccc(-c3ccc(-c4cnc(C5CCCN5C(=O)CN(C)C(=O)O)[nH]4)cc3)cc2)[nH]1. The Bertz CT molecular complexity index is 1820. The zero-order valence-electron chi connectivity index (χ0n) is 27.8. The fourth-order valence-electron chi connectivity index (χ4n) is 6.56. The first-order chi connectivity index (χ1) is 23.6. The van der Waals surface area contributed by atoms with Gasteiger partial charge in [-0.3, -0.25) is 9.59 Å². The number of likely N-dealkylation sites (tertiary alicyclic amines) is 2. The molecule has 3 N–H and O–H groups in total. The van der Waals surface area contributed by atoms with Crippen molar-refractivity contribution in [3.05, 3.63) is 72.6 Å². The molecular weight excluding hydrogens is 628 g/mol. The number of aromatic amines is 2. The number of hydrogen-bond acceptors (Lipinski definition) is 7. The Morgan fingerprint density at radius 1 is 0.735 bits per heavy atom. The molecule has 2 unspecified atom stereocenters. The molecule has 2 aliphatic heterocycles. The smallest absolute Gasteiger partial charge is 0.409 e. The summed E-state index contributed by atoms with van der Waals surface area (Å²) in [5, 5.41) is 9.14. The van der Waals surface area contributed by atoms with E-state index in [1.54, 1.807) is 22.2 Å². The van der Waals surface area contributed by atoms with Crippen LogP contribution < -0.4 is 0 Å². The van der Waals surface area contributed by atoms with Crippen LogP contribution in [-0.2, 0) is 14.3 Å². The van der Waals surface area contributed by atoms with Crippen molar-refractivity contribution in [2.24, 2.45) is 0 Å². The first kappa shape index (κ1) is 33.2. The van der Waals surface area contributed by atoms with Gasteiger partial charge >= 0.3 is 12.2 Å². The first-order valence-corrected chi connectivity index (χ1v) is 16.3. The molecule has 0 aliphatic carbocycles. The second kappa shape index (κ2) is 14.2. The van der Waals surface area contributed by atoms with Crippen LogP contribution in [0.3, 0.4) is 0 Å². The highest BCUT2D eigenvalue weighted by Crippen LogP contribution is 2.34. The minimum atomic E-state index is -1.14. The Morgan fingerprint density at radius 2 is 1.14 bits per heavy atom. The first-order valence-electron chi connectivity index (χ1n) is 16.3. The number of amides is 4. The van der Waals surface area contributed by atoms with E-state index < -0.39 is 12.2 Å². The number of H-pyrrole nitrogens is 2. The number of ether oxygens (including phenoxy) is 1. The Balaban J connectivity index is 1.09. The van der Waals surface area contributed by atoms with Crippen molar-refractivity contribution in [3.63, 3.8) is 0 Å². The number of aromatic nitrogens is 4. The van der Waals surface area contributed by atoms with Crippen molar-refractivity contribution in [3.8, 4) is 33.6 Å². The number of nitrogens with zero attached hydrogens (tertiary/aromatic N) is 6. The maximum Gasteiger partial charge on any atom is 0.409 e. The Morgan fingerprint density at radius 3 is 1.55 bits per heavy atom. The number of hydrogen-bond donors (Lipinski definition) is 3. The molecule has 2 aromatic heterocycles. The van der Waals surface area contributed by atoms with Crippen molar-refractivity contribution >= 4 is 24.0 Å². The summed E-state index contributed by atoms with van der Waals surface area (Å²) in [5.74, 6) is 1.04. The number of benzene rings is 2. The molecule has 0 radical (unpaired) electrons. The standard InChI is InChI=1S/C35H40N8O6/c1-40(34(46)47)20-30(44)42-16-4-6-28(42)32-36-18-26(38-32)24-12-8-22(9-13-24)23-10-14-25(15-11-23)27-19-37-33(39-27)29-7-5-17-43(29)31(45)21-41(2)35(48)49-3/h8-15,18-19,28-29H,4-7,16-17,20-21H2,1-3H3,(H,36,38)(H,37,39)(H,46,47). The molecule has 2 aromatic carbocycles. The highest BCUT2D eigenvalue weighted by Gasteiger charge is 2.34. The second-order valence-electron chi connectivity index (χ2n) is 12.5. The topological polar surface area (TPSA) is 168 Å². The predicted molar refractivity (Wildman–Crippen MR) is 180 cm³/mol. The van der Waals surface area contributed by atoms with Crippen LogP contribution in [-0.4, -0.2) is 116 Å². The van der Waals surface area contributed by atoms with E-state index in [1.165, 1.54) is 26.1 Å². The number of carbonyl (C=O) groups is 4. The van der Waals surface area contributed by atoms with Gasteiger partial charge in [0.1, 0.15) is 24.7 Å². The molecule has 6 rings (SSSR count). The Hall–Kier alpha value is -5.66. The van der Waals surface area contributed by atoms with E-state index in [9.17, 15) is 19.2 Å². The van der Waals surface area contributed by atoms with Gasteiger partial charge in [0, 0.05) is 27.2 Å². The third kappa shape index (κ3) is 7.12. The summed E-state index contributed by atoms with van der Waals surface area (Å²) in [7, 11) is 4.22. The van der Waals surface area contributed by atoms with Gasteiger partial charge in [0.15, 0.2) is 0 Å². The maximum absolute atomic E-state index is 12.9. The molecule has 4 heterocycles. The second-order valence-corrected chi connectivity index (χ2v) is 12.5. The fourth-order valence-corrected chi connectivity index (χ4v) is 6.56. The Labute approximate surface area is 283 Å². The van der Waals surface area contributed by atoms with Crippen LogP contribution >= 0.6 is 0 Å². The minimum Gasteiger partial charge on any atom is -0.465 e. The van der Waals surface area contributed by atoms with Crippen LogP contribution in [0.2, 0.25) is 0 Å². The van der Waals surface area contributed by atoms with Crippen LogP contribution in [0.1, 0.15) is 49.4 Å². The lowest BCUT2D eigenvalue weighted by Gasteiger charge is -2.25. The zero-order chi connectivity index (χ0) is 34.7. The fraction of sp³-hybridized carbons (Fsp3) is 0.371. The number of nitrogens with one attached hydrogen (secondary N) is 2. The molecule has 2 fully saturated rings. The van der Waals surface area contributed by atoms with Gasteiger partial charge in [0.2, 0.25) is 11.8 Å². The average Bonchev–Trinajstić information content (AvgIpc) is 3.94. The predicted octanol–water partition coefficient (Wildman–Crippen LogP) is 4.77. The third-order valence-corrected chi connectivity index (χ3v) is 9.25. The zero-order valence-corrected chi connectivity index (χ0v) is 27.8. The number of carboxylic acid groups (broad SMARTS) is 1. The summed E-state index contributed by atoms with van der Waals surface area (Å²) in [6, 6.07) is 15.9. The summed E-state index contributed by atoms with van der Waals surface area (Å²) in [6.45, 7) is 0.933. The number of rotatable bonds is 9. The third-order valence-electron chi connectivity index (χ3n) is 9.25. The maximum atomic E-state index is 12.9. The van der Waals surface area contributed by atoms with Gasteiger partial charge in [-0.05, 0) is 47.9 Å². The molecule has 14 heteroatoms. The van der Waals surface area contributed by atoms with Crippen LogP contribution in [0.5, 0.6) is 0 Å². The highest BCUT2D eigenvalue weighted by molar-refractivity contribution is 5.83. The minimum absolute atomic E-state index is 0.0563. The van der Waals surface area contributed by atoms with Crippen molar-refractivity contribution in [2.75, 3.05) is 47.4 Å². The number of likely N-dealkylation sites (N-methyl/N-ethyl adjacent to an activating group) is 2. The summed E-state index contributed by atoms with van der Waals surface area (Å²) in [6.07, 6.45) is 5.11. The molecule has 4 aromatic rings. The number of carbonyl (C=O) groups excluding carboxylic acids is 3. The monoisotopic (exact) mass is 668 g/mol. The summed E-state index contributed by atoms with van der Waals surface area (Å²) in [5.41, 5.74) is 5.73. The quantitative estimate of drug-likeness (QED) is 0.229. The molecule has 256 valence electrons. The summed E-state index contributed by atoms with van der Waals surface area (Å²) in [4.78, 5) is 70.4. The molecule has 0 spiro atoms. The molecule has 2 atom stereocenters. The largest absolute Gasteiger partial charge is 0.465 e. The number of methoxy groups -OCH3 is 1. The van der Waals surface area contributed by atoms with E-state index in [4.69, 9.17) is 9.84 Å². The molecule has 0 bridgehead atoms. The van der Waals surface area contributed by atoms with Crippen LogP contribution in [0.25, 0.3) is 33.6 Å². The molecule has 2 aliphatic rings. The van der Waals surface area contributed by atoms with Gasteiger partial charge in [0.25, 0.3) is 0 Å².